The highest BCUT2D eigenvalue weighted by Gasteiger charge is 2.31. The van der Waals surface area contributed by atoms with Gasteiger partial charge in [0.1, 0.15) is 6.04 Å². The molecule has 5 nitrogen and oxygen atoms in total. The van der Waals surface area contributed by atoms with Crippen molar-refractivity contribution in [3.8, 4) is 0 Å². The van der Waals surface area contributed by atoms with Gasteiger partial charge in [0, 0.05) is 16.6 Å². The summed E-state index contributed by atoms with van der Waals surface area (Å²) in [5.74, 6) is -0.749. The fourth-order valence-electron chi connectivity index (χ4n) is 1.87. The minimum Gasteiger partial charge on any atom is -0.377 e. The van der Waals surface area contributed by atoms with Crippen LogP contribution in [0.15, 0.2) is 28.7 Å². The van der Waals surface area contributed by atoms with Gasteiger partial charge >= 0.3 is 0 Å². The van der Waals surface area contributed by atoms with E-state index in [0.717, 1.165) is 4.47 Å². The van der Waals surface area contributed by atoms with Gasteiger partial charge in [-0.15, -0.1) is 0 Å². The molecular formula is C12H13BrN2O3. The zero-order chi connectivity index (χ0) is 13.1. The van der Waals surface area contributed by atoms with E-state index in [1.807, 2.05) is 6.07 Å². The molecule has 0 radical (unpaired) electrons. The van der Waals surface area contributed by atoms with Crippen molar-refractivity contribution < 1.29 is 14.3 Å². The molecule has 0 aliphatic carbocycles. The van der Waals surface area contributed by atoms with E-state index in [0.29, 0.717) is 18.7 Å². The largest absolute Gasteiger partial charge is 0.377 e. The highest BCUT2D eigenvalue weighted by atomic mass is 79.9. The fourth-order valence-corrected chi connectivity index (χ4v) is 2.27. The van der Waals surface area contributed by atoms with Gasteiger partial charge in [0.2, 0.25) is 5.91 Å². The number of amides is 2. The molecule has 1 aliphatic rings. The van der Waals surface area contributed by atoms with Gasteiger partial charge in [0.05, 0.1) is 13.2 Å². The molecule has 0 saturated carbocycles. The Balaban J connectivity index is 2.23. The molecular weight excluding hydrogens is 300 g/mol. The lowest BCUT2D eigenvalue weighted by atomic mass is 10.1. The Morgan fingerprint density at radius 3 is 2.89 bits per heavy atom. The Hall–Kier alpha value is -1.40. The van der Waals surface area contributed by atoms with Gasteiger partial charge in [0.25, 0.3) is 5.91 Å². The van der Waals surface area contributed by atoms with Crippen LogP contribution in [-0.4, -0.2) is 42.5 Å². The maximum atomic E-state index is 12.3. The number of halogens is 1. The Morgan fingerprint density at radius 1 is 1.44 bits per heavy atom. The SMILES string of the molecule is NC(=O)C1COCCN1C(=O)c1cccc(Br)c1. The summed E-state index contributed by atoms with van der Waals surface area (Å²) >= 11 is 3.31. The number of hydrogen-bond acceptors (Lipinski definition) is 3. The maximum Gasteiger partial charge on any atom is 0.254 e. The van der Waals surface area contributed by atoms with Crippen molar-refractivity contribution in [1.82, 2.24) is 4.90 Å². The van der Waals surface area contributed by atoms with Crippen LogP contribution in [0.5, 0.6) is 0 Å². The lowest BCUT2D eigenvalue weighted by molar-refractivity contribution is -0.127. The predicted molar refractivity (Wildman–Crippen MR) is 69.0 cm³/mol. The highest BCUT2D eigenvalue weighted by molar-refractivity contribution is 9.10. The molecule has 1 heterocycles. The maximum absolute atomic E-state index is 12.3. The zero-order valence-corrected chi connectivity index (χ0v) is 11.2. The number of benzene rings is 1. The van der Waals surface area contributed by atoms with Crippen LogP contribution in [0, 0.1) is 0 Å². The van der Waals surface area contributed by atoms with Crippen LogP contribution in [0.3, 0.4) is 0 Å². The van der Waals surface area contributed by atoms with Crippen molar-refractivity contribution >= 4 is 27.7 Å². The standard InChI is InChI=1S/C12H13BrN2O3/c13-9-3-1-2-8(6-9)12(17)15-4-5-18-7-10(15)11(14)16/h1-3,6,10H,4-5,7H2,(H2,14,16). The molecule has 0 spiro atoms. The second-order valence-corrected chi connectivity index (χ2v) is 4.92. The average Bonchev–Trinajstić information content (AvgIpc) is 2.38. The van der Waals surface area contributed by atoms with Crippen molar-refractivity contribution in [2.45, 2.75) is 6.04 Å². The molecule has 1 aliphatic heterocycles. The third-order valence-electron chi connectivity index (χ3n) is 2.79. The molecule has 6 heteroatoms. The third-order valence-corrected chi connectivity index (χ3v) is 3.28. The summed E-state index contributed by atoms with van der Waals surface area (Å²) < 4.78 is 6.00. The van der Waals surface area contributed by atoms with E-state index in [2.05, 4.69) is 15.9 Å². The number of hydrogen-bond donors (Lipinski definition) is 1. The number of rotatable bonds is 2. The number of carbonyl (C=O) groups is 2. The van der Waals surface area contributed by atoms with Gasteiger partial charge in [-0.25, -0.2) is 0 Å². The van der Waals surface area contributed by atoms with Crippen LogP contribution in [0.1, 0.15) is 10.4 Å². The van der Waals surface area contributed by atoms with Crippen molar-refractivity contribution in [3.63, 3.8) is 0 Å². The summed E-state index contributed by atoms with van der Waals surface area (Å²) in [4.78, 5) is 25.1. The van der Waals surface area contributed by atoms with E-state index < -0.39 is 11.9 Å². The average molecular weight is 313 g/mol. The minimum absolute atomic E-state index is 0.162. The number of primary amides is 1. The van der Waals surface area contributed by atoms with Gasteiger partial charge in [-0.2, -0.15) is 0 Å². The molecule has 1 aromatic rings. The summed E-state index contributed by atoms with van der Waals surface area (Å²) in [5, 5.41) is 0. The Bertz CT molecular complexity index is 478. The molecule has 18 heavy (non-hydrogen) atoms. The van der Waals surface area contributed by atoms with Crippen molar-refractivity contribution in [2.75, 3.05) is 19.8 Å². The molecule has 1 saturated heterocycles. The van der Waals surface area contributed by atoms with E-state index in [4.69, 9.17) is 10.5 Å². The summed E-state index contributed by atoms with van der Waals surface area (Å²) in [6, 6.07) is 6.35. The molecule has 1 atom stereocenters. The molecule has 96 valence electrons. The third kappa shape index (κ3) is 2.70. The van der Waals surface area contributed by atoms with E-state index in [1.54, 1.807) is 18.2 Å². The van der Waals surface area contributed by atoms with E-state index in [-0.39, 0.29) is 12.5 Å². The number of nitrogens with zero attached hydrogens (tertiary/aromatic N) is 1. The first kappa shape index (κ1) is 13.0. The predicted octanol–water partition coefficient (Wildman–Crippen LogP) is 0.775. The Morgan fingerprint density at radius 2 is 2.22 bits per heavy atom. The molecule has 2 amide bonds. The first-order valence-corrected chi connectivity index (χ1v) is 6.32. The molecule has 1 aromatic carbocycles. The van der Waals surface area contributed by atoms with Crippen LogP contribution in [-0.2, 0) is 9.53 Å². The van der Waals surface area contributed by atoms with Gasteiger partial charge in [0.15, 0.2) is 0 Å². The monoisotopic (exact) mass is 312 g/mol. The number of nitrogens with two attached hydrogens (primary N) is 1. The zero-order valence-electron chi connectivity index (χ0n) is 9.64. The molecule has 0 bridgehead atoms. The van der Waals surface area contributed by atoms with Crippen LogP contribution in [0.25, 0.3) is 0 Å². The van der Waals surface area contributed by atoms with Crippen molar-refractivity contribution in [2.24, 2.45) is 5.73 Å². The van der Waals surface area contributed by atoms with E-state index in [1.165, 1.54) is 4.90 Å². The Kier molecular flexibility index (Phi) is 3.98. The molecule has 1 fully saturated rings. The lowest BCUT2D eigenvalue weighted by Gasteiger charge is -2.33. The van der Waals surface area contributed by atoms with Crippen molar-refractivity contribution in [1.29, 1.82) is 0 Å². The van der Waals surface area contributed by atoms with E-state index in [9.17, 15) is 9.59 Å². The smallest absolute Gasteiger partial charge is 0.254 e. The Labute approximate surface area is 113 Å². The van der Waals surface area contributed by atoms with Crippen LogP contribution in [0.4, 0.5) is 0 Å². The first-order valence-electron chi connectivity index (χ1n) is 5.53. The van der Waals surface area contributed by atoms with Gasteiger partial charge in [-0.05, 0) is 18.2 Å². The summed E-state index contributed by atoms with van der Waals surface area (Å²) in [6.07, 6.45) is 0. The summed E-state index contributed by atoms with van der Waals surface area (Å²) in [7, 11) is 0. The molecule has 1 unspecified atom stereocenters. The second-order valence-electron chi connectivity index (χ2n) is 4.00. The summed E-state index contributed by atoms with van der Waals surface area (Å²) in [5.41, 5.74) is 5.81. The van der Waals surface area contributed by atoms with Crippen LogP contribution < -0.4 is 5.73 Å². The number of ether oxygens (including phenoxy) is 1. The highest BCUT2D eigenvalue weighted by Crippen LogP contribution is 2.16. The summed E-state index contributed by atoms with van der Waals surface area (Å²) in [6.45, 7) is 0.956. The van der Waals surface area contributed by atoms with Crippen LogP contribution >= 0.6 is 15.9 Å². The first-order chi connectivity index (χ1) is 8.59. The van der Waals surface area contributed by atoms with Crippen molar-refractivity contribution in [3.05, 3.63) is 34.3 Å². The molecule has 2 N–H and O–H groups in total. The van der Waals surface area contributed by atoms with Gasteiger partial charge < -0.3 is 15.4 Å². The van der Waals surface area contributed by atoms with Gasteiger partial charge in [-0.3, -0.25) is 9.59 Å². The minimum atomic E-state index is -0.690. The molecule has 0 aromatic heterocycles. The van der Waals surface area contributed by atoms with Gasteiger partial charge in [-0.1, -0.05) is 22.0 Å². The van der Waals surface area contributed by atoms with E-state index >= 15 is 0 Å². The molecule has 2 rings (SSSR count). The lowest BCUT2D eigenvalue weighted by Crippen LogP contribution is -2.54. The quantitative estimate of drug-likeness (QED) is 0.877. The number of carbonyl (C=O) groups excluding carboxylic acids is 2. The second kappa shape index (κ2) is 5.49. The normalized spacial score (nSPS) is 19.6. The van der Waals surface area contributed by atoms with Crippen LogP contribution in [0.2, 0.25) is 0 Å². The topological polar surface area (TPSA) is 72.6 Å². The number of morpholine rings is 1. The fraction of sp³-hybridized carbons (Fsp3) is 0.333.